The van der Waals surface area contributed by atoms with Gasteiger partial charge in [0.25, 0.3) is 0 Å². The van der Waals surface area contributed by atoms with Crippen LogP contribution in [-0.4, -0.2) is 43.7 Å². The van der Waals surface area contributed by atoms with Crippen molar-refractivity contribution in [2.75, 3.05) is 19.8 Å². The van der Waals surface area contributed by atoms with Crippen LogP contribution in [0.15, 0.2) is 134 Å². The first-order chi connectivity index (χ1) is 25.0. The number of esters is 4. The second-order valence-electron chi connectivity index (χ2n) is 11.7. The maximum absolute atomic E-state index is 12.4. The minimum atomic E-state index is -0.527. The molecule has 0 fully saturated rings. The Bertz CT molecular complexity index is 1770. The molecule has 4 aromatic carbocycles. The molecule has 4 aromatic rings. The summed E-state index contributed by atoms with van der Waals surface area (Å²) in [5.74, 6) is -0.472. The van der Waals surface area contributed by atoms with E-state index in [0.717, 1.165) is 34.2 Å². The maximum Gasteiger partial charge on any atom is 0.336 e. The molecule has 0 aliphatic rings. The predicted molar refractivity (Wildman–Crippen MR) is 199 cm³/mol. The van der Waals surface area contributed by atoms with E-state index < -0.39 is 17.9 Å². The van der Waals surface area contributed by atoms with Crippen molar-refractivity contribution in [3.05, 3.63) is 150 Å². The minimum Gasteiger partial charge on any atom is -0.490 e. The Morgan fingerprint density at radius 2 is 0.962 bits per heavy atom. The Balaban J connectivity index is 1.18. The quantitative estimate of drug-likeness (QED) is 0.0466. The molecule has 52 heavy (non-hydrogen) atoms. The lowest BCUT2D eigenvalue weighted by Gasteiger charge is -2.07. The van der Waals surface area contributed by atoms with Crippen molar-refractivity contribution in [2.45, 2.75) is 26.7 Å². The molecule has 0 aliphatic carbocycles. The van der Waals surface area contributed by atoms with E-state index in [1.54, 1.807) is 74.5 Å². The number of ether oxygens (including phenoxy) is 5. The molecule has 0 N–H and O–H groups in total. The fraction of sp³-hybridized carbons (Fsp3) is 0.163. The van der Waals surface area contributed by atoms with Crippen LogP contribution in [-0.2, 0) is 35.1 Å². The lowest BCUT2D eigenvalue weighted by Crippen LogP contribution is -2.12. The summed E-state index contributed by atoms with van der Waals surface area (Å²) in [6, 6.07) is 29.0. The van der Waals surface area contributed by atoms with Crippen LogP contribution in [0.2, 0.25) is 0 Å². The molecule has 0 bridgehead atoms. The third-order valence-electron chi connectivity index (χ3n) is 7.29. The summed E-state index contributed by atoms with van der Waals surface area (Å²) < 4.78 is 26.5. The predicted octanol–water partition coefficient (Wildman–Crippen LogP) is 8.14. The van der Waals surface area contributed by atoms with E-state index in [1.165, 1.54) is 12.2 Å². The highest BCUT2D eigenvalue weighted by molar-refractivity contribution is 5.90. The van der Waals surface area contributed by atoms with Crippen molar-refractivity contribution in [3.63, 3.8) is 0 Å². The molecule has 0 spiro atoms. The molecular formula is C43H40O9. The Morgan fingerprint density at radius 1 is 0.538 bits per heavy atom. The van der Waals surface area contributed by atoms with Gasteiger partial charge in [0.1, 0.15) is 30.5 Å². The first kappa shape index (κ1) is 38.3. The van der Waals surface area contributed by atoms with Gasteiger partial charge in [-0.05, 0) is 103 Å². The zero-order valence-electron chi connectivity index (χ0n) is 29.2. The van der Waals surface area contributed by atoms with Gasteiger partial charge < -0.3 is 23.7 Å². The highest BCUT2D eigenvalue weighted by atomic mass is 16.6. The highest BCUT2D eigenvalue weighted by Crippen LogP contribution is 2.25. The standard InChI is InChI=1S/C43H40O9/c1-30(2)42(46)49-27-5-6-32-7-9-33(10-8-32)13-25-40(44)51-38-21-15-35(16-22-38)36-17-23-39(24-18-36)52-41(45)26-14-34-11-19-37(20-12-34)48-28-29-50-43(47)31(3)4/h7-26H,1,3,5-6,27-29H2,2,4H3/b25-13+,26-14+. The first-order valence-corrected chi connectivity index (χ1v) is 16.5. The summed E-state index contributed by atoms with van der Waals surface area (Å²) in [4.78, 5) is 47.6. The van der Waals surface area contributed by atoms with Crippen molar-refractivity contribution < 1.29 is 42.9 Å². The van der Waals surface area contributed by atoms with Gasteiger partial charge in [-0.3, -0.25) is 0 Å². The molecule has 0 radical (unpaired) electrons. The summed E-state index contributed by atoms with van der Waals surface area (Å²) in [7, 11) is 0. The molecule has 266 valence electrons. The van der Waals surface area contributed by atoms with E-state index in [1.807, 2.05) is 48.5 Å². The highest BCUT2D eigenvalue weighted by Gasteiger charge is 2.07. The fourth-order valence-electron chi connectivity index (χ4n) is 4.51. The molecular weight excluding hydrogens is 660 g/mol. The van der Waals surface area contributed by atoms with Crippen LogP contribution in [0.1, 0.15) is 37.0 Å². The van der Waals surface area contributed by atoms with Gasteiger partial charge in [0.15, 0.2) is 0 Å². The molecule has 9 nitrogen and oxygen atoms in total. The molecule has 0 saturated carbocycles. The van der Waals surface area contributed by atoms with E-state index in [2.05, 4.69) is 13.2 Å². The van der Waals surface area contributed by atoms with E-state index in [-0.39, 0.29) is 19.2 Å². The van der Waals surface area contributed by atoms with Gasteiger partial charge in [-0.25, -0.2) is 19.2 Å². The van der Waals surface area contributed by atoms with Crippen LogP contribution in [0.3, 0.4) is 0 Å². The average Bonchev–Trinajstić information content (AvgIpc) is 3.14. The van der Waals surface area contributed by atoms with Crippen LogP contribution >= 0.6 is 0 Å². The molecule has 0 atom stereocenters. The Labute approximate surface area is 303 Å². The smallest absolute Gasteiger partial charge is 0.336 e. The molecule has 0 unspecified atom stereocenters. The van der Waals surface area contributed by atoms with E-state index in [0.29, 0.717) is 41.4 Å². The van der Waals surface area contributed by atoms with Crippen molar-refractivity contribution >= 4 is 36.0 Å². The lowest BCUT2D eigenvalue weighted by molar-refractivity contribution is -0.140. The maximum atomic E-state index is 12.4. The summed E-state index contributed by atoms with van der Waals surface area (Å²) in [5.41, 5.74) is 5.22. The fourth-order valence-corrected chi connectivity index (χ4v) is 4.51. The summed E-state index contributed by atoms with van der Waals surface area (Å²) >= 11 is 0. The van der Waals surface area contributed by atoms with Crippen LogP contribution in [0.5, 0.6) is 17.2 Å². The van der Waals surface area contributed by atoms with Crippen LogP contribution in [0.4, 0.5) is 0 Å². The van der Waals surface area contributed by atoms with Gasteiger partial charge in [-0.15, -0.1) is 0 Å². The topological polar surface area (TPSA) is 114 Å². The van der Waals surface area contributed by atoms with Gasteiger partial charge in [0.2, 0.25) is 0 Å². The normalized spacial score (nSPS) is 10.8. The van der Waals surface area contributed by atoms with Gasteiger partial charge in [-0.2, -0.15) is 0 Å². The number of hydrogen-bond acceptors (Lipinski definition) is 9. The third kappa shape index (κ3) is 13.1. The molecule has 0 heterocycles. The largest absolute Gasteiger partial charge is 0.490 e. The van der Waals surface area contributed by atoms with Crippen molar-refractivity contribution in [3.8, 4) is 28.4 Å². The van der Waals surface area contributed by atoms with Crippen LogP contribution in [0.25, 0.3) is 23.3 Å². The molecule has 0 saturated heterocycles. The Morgan fingerprint density at radius 3 is 1.42 bits per heavy atom. The Kier molecular flexibility index (Phi) is 14.5. The zero-order chi connectivity index (χ0) is 37.3. The molecule has 0 aliphatic heterocycles. The molecule has 0 amide bonds. The van der Waals surface area contributed by atoms with Gasteiger partial charge in [0, 0.05) is 23.3 Å². The molecule has 4 rings (SSSR count). The summed E-state index contributed by atoms with van der Waals surface area (Å²) in [6.45, 7) is 10.9. The van der Waals surface area contributed by atoms with E-state index in [4.69, 9.17) is 23.7 Å². The Hall–Kier alpha value is -6.48. The van der Waals surface area contributed by atoms with Crippen molar-refractivity contribution in [1.82, 2.24) is 0 Å². The summed E-state index contributed by atoms with van der Waals surface area (Å²) in [5, 5.41) is 0. The van der Waals surface area contributed by atoms with Crippen LogP contribution < -0.4 is 14.2 Å². The average molecular weight is 701 g/mol. The molecule has 9 heteroatoms. The number of carbonyl (C=O) groups excluding carboxylic acids is 4. The minimum absolute atomic E-state index is 0.114. The SMILES string of the molecule is C=C(C)C(=O)OCCCc1ccc(/C=C/C(=O)Oc2ccc(-c3ccc(OC(=O)/C=C/c4ccc(OCCOC(=O)C(=C)C)cc4)cc3)cc2)cc1. The number of hydrogen-bond donors (Lipinski definition) is 0. The zero-order valence-corrected chi connectivity index (χ0v) is 29.2. The number of rotatable bonds is 17. The van der Waals surface area contributed by atoms with Gasteiger partial charge >= 0.3 is 23.9 Å². The summed E-state index contributed by atoms with van der Waals surface area (Å²) in [6.07, 6.45) is 7.49. The van der Waals surface area contributed by atoms with E-state index >= 15 is 0 Å². The second kappa shape index (κ2) is 19.6. The second-order valence-corrected chi connectivity index (χ2v) is 11.7. The van der Waals surface area contributed by atoms with Gasteiger partial charge in [0.05, 0.1) is 6.61 Å². The number of aryl methyl sites for hydroxylation is 1. The first-order valence-electron chi connectivity index (χ1n) is 16.5. The molecule has 0 aromatic heterocycles. The number of carbonyl (C=O) groups is 4. The van der Waals surface area contributed by atoms with E-state index in [9.17, 15) is 19.2 Å². The third-order valence-corrected chi connectivity index (χ3v) is 7.29. The van der Waals surface area contributed by atoms with Gasteiger partial charge in [-0.1, -0.05) is 73.8 Å². The number of benzene rings is 4. The van der Waals surface area contributed by atoms with Crippen molar-refractivity contribution in [1.29, 1.82) is 0 Å². The van der Waals surface area contributed by atoms with Crippen LogP contribution in [0, 0.1) is 0 Å². The lowest BCUT2D eigenvalue weighted by atomic mass is 10.1. The van der Waals surface area contributed by atoms with Crippen molar-refractivity contribution in [2.24, 2.45) is 0 Å². The monoisotopic (exact) mass is 700 g/mol.